The van der Waals surface area contributed by atoms with E-state index in [9.17, 15) is 0 Å². The van der Waals surface area contributed by atoms with Crippen molar-refractivity contribution in [1.82, 2.24) is 4.90 Å². The molecule has 3 nitrogen and oxygen atoms in total. The predicted molar refractivity (Wildman–Crippen MR) is 74.6 cm³/mol. The largest absolute Gasteiger partial charge is 0.492 e. The van der Waals surface area contributed by atoms with Gasteiger partial charge in [-0.15, -0.1) is 0 Å². The molecule has 0 atom stereocenters. The molecule has 1 aromatic carbocycles. The van der Waals surface area contributed by atoms with E-state index in [0.717, 1.165) is 25.4 Å². The van der Waals surface area contributed by atoms with Gasteiger partial charge >= 0.3 is 0 Å². The lowest BCUT2D eigenvalue weighted by atomic mass is 10.1. The number of hydrogen-bond donors (Lipinski definition) is 0. The molecule has 2 aliphatic rings. The molecule has 0 N–H and O–H groups in total. The van der Waals surface area contributed by atoms with E-state index in [0.29, 0.717) is 0 Å². The van der Waals surface area contributed by atoms with E-state index < -0.39 is 0 Å². The monoisotopic (exact) mass is 246 g/mol. The Morgan fingerprint density at radius 2 is 2.00 bits per heavy atom. The summed E-state index contributed by atoms with van der Waals surface area (Å²) in [6.45, 7) is 5.49. The van der Waals surface area contributed by atoms with Crippen molar-refractivity contribution < 1.29 is 4.74 Å². The average Bonchev–Trinajstić information content (AvgIpc) is 3.01. The lowest BCUT2D eigenvalue weighted by molar-refractivity contribution is 0.238. The topological polar surface area (TPSA) is 15.7 Å². The molecule has 1 saturated heterocycles. The van der Waals surface area contributed by atoms with Crippen molar-refractivity contribution in [3.05, 3.63) is 23.8 Å². The number of fused-ring (bicyclic) bond motifs is 1. The van der Waals surface area contributed by atoms with E-state index >= 15 is 0 Å². The van der Waals surface area contributed by atoms with Crippen LogP contribution >= 0.6 is 0 Å². The Labute approximate surface area is 109 Å². The highest BCUT2D eigenvalue weighted by atomic mass is 16.5. The van der Waals surface area contributed by atoms with Crippen LogP contribution in [0, 0.1) is 0 Å². The fourth-order valence-corrected chi connectivity index (χ4v) is 2.91. The van der Waals surface area contributed by atoms with Crippen molar-refractivity contribution in [1.29, 1.82) is 0 Å². The summed E-state index contributed by atoms with van der Waals surface area (Å²) >= 11 is 0. The Hall–Kier alpha value is -1.22. The van der Waals surface area contributed by atoms with Crippen LogP contribution in [0.2, 0.25) is 0 Å². The highest BCUT2D eigenvalue weighted by molar-refractivity contribution is 5.60. The zero-order valence-corrected chi connectivity index (χ0v) is 11.2. The first kappa shape index (κ1) is 11.8. The SMILES string of the molecule is CN1CCc2ccc(OCCN3CCCC3)cc21. The first-order valence-corrected chi connectivity index (χ1v) is 7.02. The van der Waals surface area contributed by atoms with Crippen molar-refractivity contribution in [2.45, 2.75) is 19.3 Å². The van der Waals surface area contributed by atoms with E-state index in [4.69, 9.17) is 4.74 Å². The third-order valence-electron chi connectivity index (χ3n) is 4.06. The average molecular weight is 246 g/mol. The molecule has 0 aliphatic carbocycles. The van der Waals surface area contributed by atoms with Gasteiger partial charge in [0.15, 0.2) is 0 Å². The summed E-state index contributed by atoms with van der Waals surface area (Å²) in [5.41, 5.74) is 2.79. The van der Waals surface area contributed by atoms with Crippen LogP contribution in [0.3, 0.4) is 0 Å². The molecule has 1 aromatic rings. The molecule has 0 bridgehead atoms. The number of hydrogen-bond acceptors (Lipinski definition) is 3. The van der Waals surface area contributed by atoms with Crippen LogP contribution in [0.5, 0.6) is 5.75 Å². The lowest BCUT2D eigenvalue weighted by Gasteiger charge is -2.16. The molecule has 0 spiro atoms. The second-order valence-corrected chi connectivity index (χ2v) is 5.36. The van der Waals surface area contributed by atoms with E-state index in [1.54, 1.807) is 0 Å². The Morgan fingerprint density at radius 1 is 1.17 bits per heavy atom. The smallest absolute Gasteiger partial charge is 0.121 e. The van der Waals surface area contributed by atoms with E-state index in [1.807, 2.05) is 0 Å². The summed E-state index contributed by atoms with van der Waals surface area (Å²) in [6, 6.07) is 6.51. The first-order chi connectivity index (χ1) is 8.83. The van der Waals surface area contributed by atoms with Crippen LogP contribution < -0.4 is 9.64 Å². The van der Waals surface area contributed by atoms with Gasteiger partial charge in [-0.3, -0.25) is 4.90 Å². The molecule has 2 aliphatic heterocycles. The molecule has 3 heteroatoms. The van der Waals surface area contributed by atoms with Gasteiger partial charge in [0.25, 0.3) is 0 Å². The van der Waals surface area contributed by atoms with Crippen molar-refractivity contribution in [3.63, 3.8) is 0 Å². The molecule has 1 fully saturated rings. The van der Waals surface area contributed by atoms with E-state index in [1.165, 1.54) is 43.6 Å². The highest BCUT2D eigenvalue weighted by Gasteiger charge is 2.16. The minimum atomic E-state index is 0.808. The maximum Gasteiger partial charge on any atom is 0.121 e. The number of anilines is 1. The van der Waals surface area contributed by atoms with Crippen molar-refractivity contribution in [2.75, 3.05) is 44.7 Å². The van der Waals surface area contributed by atoms with Gasteiger partial charge in [0.05, 0.1) is 0 Å². The van der Waals surface area contributed by atoms with Crippen molar-refractivity contribution in [3.8, 4) is 5.75 Å². The summed E-state index contributed by atoms with van der Waals surface area (Å²) in [5.74, 6) is 1.02. The fraction of sp³-hybridized carbons (Fsp3) is 0.600. The second-order valence-electron chi connectivity index (χ2n) is 5.36. The minimum Gasteiger partial charge on any atom is -0.492 e. The zero-order chi connectivity index (χ0) is 12.4. The molecular formula is C15H22N2O. The Kier molecular flexibility index (Phi) is 3.41. The van der Waals surface area contributed by atoms with Gasteiger partial charge < -0.3 is 9.64 Å². The highest BCUT2D eigenvalue weighted by Crippen LogP contribution is 2.30. The molecule has 3 rings (SSSR count). The quantitative estimate of drug-likeness (QED) is 0.809. The maximum absolute atomic E-state index is 5.87. The van der Waals surface area contributed by atoms with E-state index in [2.05, 4.69) is 35.0 Å². The van der Waals surface area contributed by atoms with Crippen LogP contribution in [0.1, 0.15) is 18.4 Å². The van der Waals surface area contributed by atoms with Crippen LogP contribution in [0.15, 0.2) is 18.2 Å². The van der Waals surface area contributed by atoms with Gasteiger partial charge in [-0.1, -0.05) is 6.07 Å². The number of ether oxygens (including phenoxy) is 1. The molecule has 0 unspecified atom stereocenters. The Bertz CT molecular complexity index is 413. The first-order valence-electron chi connectivity index (χ1n) is 7.02. The summed E-state index contributed by atoms with van der Waals surface area (Å²) in [7, 11) is 2.15. The molecule has 2 heterocycles. The normalized spacial score (nSPS) is 19.3. The second kappa shape index (κ2) is 5.19. The minimum absolute atomic E-state index is 0.808. The third-order valence-corrected chi connectivity index (χ3v) is 4.06. The van der Waals surface area contributed by atoms with Crippen LogP contribution in [-0.4, -0.2) is 44.7 Å². The molecule has 0 aromatic heterocycles. The van der Waals surface area contributed by atoms with Crippen LogP contribution in [0.25, 0.3) is 0 Å². The summed E-state index contributed by atoms with van der Waals surface area (Å²) in [5, 5.41) is 0. The third kappa shape index (κ3) is 2.46. The number of benzene rings is 1. The van der Waals surface area contributed by atoms with Crippen LogP contribution in [-0.2, 0) is 6.42 Å². The Balaban J connectivity index is 1.55. The van der Waals surface area contributed by atoms with Gasteiger partial charge in [0.2, 0.25) is 0 Å². The van der Waals surface area contributed by atoms with Gasteiger partial charge in [-0.25, -0.2) is 0 Å². The molecule has 0 amide bonds. The summed E-state index contributed by atoms with van der Waals surface area (Å²) < 4.78 is 5.87. The van der Waals surface area contributed by atoms with E-state index in [-0.39, 0.29) is 0 Å². The maximum atomic E-state index is 5.87. The molecule has 0 radical (unpaired) electrons. The lowest BCUT2D eigenvalue weighted by Crippen LogP contribution is -2.25. The number of rotatable bonds is 4. The van der Waals surface area contributed by atoms with Crippen LogP contribution in [0.4, 0.5) is 5.69 Å². The van der Waals surface area contributed by atoms with Gasteiger partial charge in [0.1, 0.15) is 12.4 Å². The predicted octanol–water partition coefficient (Wildman–Crippen LogP) is 2.15. The van der Waals surface area contributed by atoms with Gasteiger partial charge in [-0.05, 0) is 44.0 Å². The summed E-state index contributed by atoms with van der Waals surface area (Å²) in [4.78, 5) is 4.79. The number of nitrogens with zero attached hydrogens (tertiary/aromatic N) is 2. The summed E-state index contributed by atoms with van der Waals surface area (Å²) in [6.07, 6.45) is 3.87. The van der Waals surface area contributed by atoms with Crippen molar-refractivity contribution in [2.24, 2.45) is 0 Å². The Morgan fingerprint density at radius 3 is 2.83 bits per heavy atom. The molecule has 0 saturated carbocycles. The van der Waals surface area contributed by atoms with Gasteiger partial charge in [0, 0.05) is 31.9 Å². The van der Waals surface area contributed by atoms with Crippen molar-refractivity contribution >= 4 is 5.69 Å². The fourth-order valence-electron chi connectivity index (χ4n) is 2.91. The standard InChI is InChI=1S/C15H22N2O/c1-16-9-6-13-4-5-14(12-15(13)16)18-11-10-17-7-2-3-8-17/h4-5,12H,2-3,6-11H2,1H3. The van der Waals surface area contributed by atoms with Gasteiger partial charge in [-0.2, -0.15) is 0 Å². The number of likely N-dealkylation sites (tertiary alicyclic amines) is 1. The molecule has 98 valence electrons. The number of likely N-dealkylation sites (N-methyl/N-ethyl adjacent to an activating group) is 1. The molecular weight excluding hydrogens is 224 g/mol. The zero-order valence-electron chi connectivity index (χ0n) is 11.2. The molecule has 18 heavy (non-hydrogen) atoms.